The van der Waals surface area contributed by atoms with Crippen molar-refractivity contribution in [2.45, 2.75) is 20.1 Å². The first-order valence-corrected chi connectivity index (χ1v) is 9.06. The molecular formula is C20H17ClF3N3O3. The molecule has 1 aromatic heterocycles. The van der Waals surface area contributed by atoms with E-state index in [4.69, 9.17) is 16.3 Å². The number of alkyl halides is 2. The number of benzene rings is 2. The van der Waals surface area contributed by atoms with Crippen molar-refractivity contribution in [1.82, 2.24) is 9.55 Å². The van der Waals surface area contributed by atoms with E-state index in [1.165, 1.54) is 43.6 Å². The first-order valence-electron chi connectivity index (χ1n) is 8.68. The lowest BCUT2D eigenvalue weighted by molar-refractivity contribution is -0.0498. The fourth-order valence-electron chi connectivity index (χ4n) is 2.74. The molecule has 158 valence electrons. The van der Waals surface area contributed by atoms with Gasteiger partial charge in [0.2, 0.25) is 11.7 Å². The van der Waals surface area contributed by atoms with E-state index in [0.29, 0.717) is 16.8 Å². The van der Waals surface area contributed by atoms with Crippen molar-refractivity contribution in [2.75, 3.05) is 12.4 Å². The number of aryl methyl sites for hydroxylation is 1. The van der Waals surface area contributed by atoms with Crippen LogP contribution in [-0.2, 0) is 6.54 Å². The fourth-order valence-corrected chi connectivity index (χ4v) is 2.94. The van der Waals surface area contributed by atoms with Crippen LogP contribution in [0.2, 0.25) is 5.02 Å². The molecule has 1 N–H and O–H groups in total. The summed E-state index contributed by atoms with van der Waals surface area (Å²) in [6.07, 6.45) is 1.46. The molecule has 0 atom stereocenters. The Labute approximate surface area is 174 Å². The van der Waals surface area contributed by atoms with Crippen LogP contribution >= 0.6 is 11.6 Å². The number of nitrogens with one attached hydrogen (secondary N) is 1. The van der Waals surface area contributed by atoms with Crippen molar-refractivity contribution in [3.63, 3.8) is 0 Å². The summed E-state index contributed by atoms with van der Waals surface area (Å²) in [4.78, 5) is 16.2. The van der Waals surface area contributed by atoms with Crippen LogP contribution in [-0.4, -0.2) is 23.3 Å². The molecule has 3 rings (SSSR count). The zero-order chi connectivity index (χ0) is 21.8. The molecule has 6 nitrogen and oxygen atoms in total. The van der Waals surface area contributed by atoms with Gasteiger partial charge in [-0.2, -0.15) is 13.8 Å². The van der Waals surface area contributed by atoms with Crippen LogP contribution in [0.5, 0.6) is 11.5 Å². The van der Waals surface area contributed by atoms with Crippen LogP contribution in [0.3, 0.4) is 0 Å². The second-order valence-corrected chi connectivity index (χ2v) is 6.70. The molecule has 0 spiro atoms. The quantitative estimate of drug-likeness (QED) is 0.575. The first-order chi connectivity index (χ1) is 14.3. The Bertz CT molecular complexity index is 1120. The lowest BCUT2D eigenvalue weighted by Crippen LogP contribution is -2.19. The van der Waals surface area contributed by atoms with Gasteiger partial charge in [-0.3, -0.25) is 4.79 Å². The Kier molecular flexibility index (Phi) is 6.51. The van der Waals surface area contributed by atoms with Gasteiger partial charge in [-0.25, -0.2) is 4.39 Å². The van der Waals surface area contributed by atoms with E-state index >= 15 is 0 Å². The fraction of sp³-hybridized carbons (Fsp3) is 0.200. The second-order valence-electron chi connectivity index (χ2n) is 6.29. The van der Waals surface area contributed by atoms with Crippen molar-refractivity contribution in [1.29, 1.82) is 0 Å². The van der Waals surface area contributed by atoms with Crippen molar-refractivity contribution in [2.24, 2.45) is 0 Å². The molecule has 0 radical (unpaired) electrons. The van der Waals surface area contributed by atoms with Crippen LogP contribution in [0.4, 0.5) is 24.8 Å². The van der Waals surface area contributed by atoms with Crippen molar-refractivity contribution in [3.05, 3.63) is 74.9 Å². The van der Waals surface area contributed by atoms with Gasteiger partial charge in [0.1, 0.15) is 11.6 Å². The Hall–Kier alpha value is -3.20. The van der Waals surface area contributed by atoms with Crippen LogP contribution in [0, 0.1) is 12.7 Å². The maximum Gasteiger partial charge on any atom is 0.387 e. The predicted octanol–water partition coefficient (Wildman–Crippen LogP) is 4.75. The van der Waals surface area contributed by atoms with Gasteiger partial charge in [0.25, 0.3) is 0 Å². The Morgan fingerprint density at radius 2 is 2.00 bits per heavy atom. The van der Waals surface area contributed by atoms with Crippen LogP contribution in [0.15, 0.2) is 47.4 Å². The molecule has 1 heterocycles. The summed E-state index contributed by atoms with van der Waals surface area (Å²) in [6.45, 7) is -1.04. The van der Waals surface area contributed by atoms with Crippen molar-refractivity contribution >= 4 is 23.2 Å². The molecule has 0 unspecified atom stereocenters. The van der Waals surface area contributed by atoms with Crippen molar-refractivity contribution < 1.29 is 22.6 Å². The molecule has 0 aliphatic rings. The largest absolute Gasteiger partial charge is 0.490 e. The third-order valence-corrected chi connectivity index (χ3v) is 4.48. The minimum absolute atomic E-state index is 0.00841. The van der Waals surface area contributed by atoms with Gasteiger partial charge in [0, 0.05) is 5.69 Å². The molecule has 0 aliphatic heterocycles. The van der Waals surface area contributed by atoms with E-state index in [1.54, 1.807) is 17.6 Å². The molecule has 10 heteroatoms. The number of nitrogens with zero attached hydrogens (tertiary/aromatic N) is 2. The summed E-state index contributed by atoms with van der Waals surface area (Å²) in [5, 5.41) is 2.97. The predicted molar refractivity (Wildman–Crippen MR) is 107 cm³/mol. The minimum atomic E-state index is -2.93. The Balaban J connectivity index is 1.96. The number of rotatable bonds is 7. The molecule has 30 heavy (non-hydrogen) atoms. The summed E-state index contributed by atoms with van der Waals surface area (Å²) in [5.41, 5.74) is 1.19. The number of methoxy groups -OCH3 is 1. The highest BCUT2D eigenvalue weighted by Crippen LogP contribution is 2.26. The number of hydrogen-bond acceptors (Lipinski definition) is 5. The Morgan fingerprint density at radius 1 is 1.23 bits per heavy atom. The van der Waals surface area contributed by atoms with Gasteiger partial charge in [-0.15, -0.1) is 0 Å². The molecule has 0 bridgehead atoms. The molecule has 0 amide bonds. The highest BCUT2D eigenvalue weighted by atomic mass is 35.5. The van der Waals surface area contributed by atoms with E-state index in [2.05, 4.69) is 15.0 Å². The lowest BCUT2D eigenvalue weighted by atomic mass is 10.2. The third kappa shape index (κ3) is 5.04. The van der Waals surface area contributed by atoms with Crippen molar-refractivity contribution in [3.8, 4) is 11.5 Å². The van der Waals surface area contributed by atoms with E-state index < -0.39 is 18.0 Å². The molecular weight excluding hydrogens is 423 g/mol. The highest BCUT2D eigenvalue weighted by Gasteiger charge is 2.13. The normalized spacial score (nSPS) is 10.9. The minimum Gasteiger partial charge on any atom is -0.490 e. The average molecular weight is 440 g/mol. The molecule has 2 aromatic carbocycles. The topological polar surface area (TPSA) is 65.4 Å². The monoisotopic (exact) mass is 439 g/mol. The third-order valence-electron chi connectivity index (χ3n) is 4.19. The highest BCUT2D eigenvalue weighted by molar-refractivity contribution is 6.30. The maximum absolute atomic E-state index is 13.5. The van der Waals surface area contributed by atoms with E-state index in [1.807, 2.05) is 0 Å². The van der Waals surface area contributed by atoms with E-state index in [0.717, 1.165) is 0 Å². The SMILES string of the molecule is COc1cn(Cc2ccc(F)c(Cl)c2)c(Nc2ccc(OC(F)F)cc2C)nc1=O. The first kappa shape index (κ1) is 21.5. The smallest absolute Gasteiger partial charge is 0.387 e. The number of halogens is 4. The number of anilines is 2. The molecule has 0 saturated carbocycles. The number of ether oxygens (including phenoxy) is 2. The van der Waals surface area contributed by atoms with Crippen LogP contribution in [0.1, 0.15) is 11.1 Å². The summed E-state index contributed by atoms with van der Waals surface area (Å²) < 4.78 is 49.3. The average Bonchev–Trinajstić information content (AvgIpc) is 2.68. The van der Waals surface area contributed by atoms with E-state index in [-0.39, 0.29) is 29.0 Å². The lowest BCUT2D eigenvalue weighted by Gasteiger charge is -2.17. The molecule has 0 saturated heterocycles. The Morgan fingerprint density at radius 3 is 2.63 bits per heavy atom. The van der Waals surface area contributed by atoms with Gasteiger partial charge < -0.3 is 19.4 Å². The number of hydrogen-bond donors (Lipinski definition) is 1. The van der Waals surface area contributed by atoms with Gasteiger partial charge in [0.05, 0.1) is 24.9 Å². The molecule has 3 aromatic rings. The van der Waals surface area contributed by atoms with Crippen LogP contribution < -0.4 is 20.3 Å². The summed E-state index contributed by atoms with van der Waals surface area (Å²) >= 11 is 5.85. The van der Waals surface area contributed by atoms with Crippen LogP contribution in [0.25, 0.3) is 0 Å². The van der Waals surface area contributed by atoms with Gasteiger partial charge in [-0.1, -0.05) is 17.7 Å². The number of aromatic nitrogens is 2. The molecule has 0 fully saturated rings. The second kappa shape index (κ2) is 9.08. The van der Waals surface area contributed by atoms with Gasteiger partial charge in [-0.05, 0) is 48.4 Å². The van der Waals surface area contributed by atoms with Gasteiger partial charge in [0.15, 0.2) is 0 Å². The summed E-state index contributed by atoms with van der Waals surface area (Å²) in [7, 11) is 1.34. The summed E-state index contributed by atoms with van der Waals surface area (Å²) in [6, 6.07) is 8.59. The maximum atomic E-state index is 13.5. The zero-order valence-corrected chi connectivity index (χ0v) is 16.7. The summed E-state index contributed by atoms with van der Waals surface area (Å²) in [5.74, 6) is -0.344. The van der Waals surface area contributed by atoms with E-state index in [9.17, 15) is 18.0 Å². The van der Waals surface area contributed by atoms with Gasteiger partial charge >= 0.3 is 12.2 Å². The standard InChI is InChI=1S/C20H17ClF3N3O3/c1-11-7-13(30-19(23)24)4-6-16(11)25-20-26-18(28)17(29-2)10-27(20)9-12-3-5-15(22)14(21)8-12/h3-8,10,19H,9H2,1-2H3,(H,25,26,28). The molecule has 0 aliphatic carbocycles. The zero-order valence-electron chi connectivity index (χ0n) is 16.0.